The molecule has 0 fully saturated rings. The number of ether oxygens (including phenoxy) is 2. The Morgan fingerprint density at radius 3 is 2.28 bits per heavy atom. The number of hydrogen-bond donors (Lipinski definition) is 0. The van der Waals surface area contributed by atoms with Gasteiger partial charge in [-0.15, -0.1) is 0 Å². The molecule has 0 saturated heterocycles. The molecule has 1 atom stereocenters. The Bertz CT molecular complexity index is 664. The van der Waals surface area contributed by atoms with Gasteiger partial charge in [0.05, 0.1) is 27.7 Å². The number of nitrogens with zero attached hydrogens (tertiary/aromatic N) is 1. The zero-order valence-electron chi connectivity index (χ0n) is 16.9. The molecule has 1 aromatic rings. The first-order chi connectivity index (χ1) is 10.9. The molecule has 1 aliphatic heterocycles. The smallest absolute Gasteiger partial charge is 0.308 e. The Kier molecular flexibility index (Phi) is 6.74. The van der Waals surface area contributed by atoms with Gasteiger partial charge < -0.3 is 30.9 Å². The van der Waals surface area contributed by atoms with Crippen LogP contribution in [0.2, 0.25) is 0 Å². The molecule has 0 aliphatic carbocycles. The van der Waals surface area contributed by atoms with Gasteiger partial charge in [-0.2, -0.15) is 0 Å². The van der Waals surface area contributed by atoms with Gasteiger partial charge in [-0.25, -0.2) is 0 Å². The van der Waals surface area contributed by atoms with Crippen molar-refractivity contribution >= 4 is 5.97 Å². The summed E-state index contributed by atoms with van der Waals surface area (Å²) in [7, 11) is 6.64. The average Bonchev–Trinajstić information content (AvgIpc) is 2.47. The van der Waals surface area contributed by atoms with Crippen LogP contribution in [0, 0.1) is 20.8 Å². The molecule has 2 rings (SSSR count). The van der Waals surface area contributed by atoms with E-state index in [-0.39, 0.29) is 28.6 Å². The third-order valence-corrected chi connectivity index (χ3v) is 5.12. The molecule has 5 heteroatoms. The van der Waals surface area contributed by atoms with Gasteiger partial charge in [0, 0.05) is 18.9 Å². The molecule has 0 N–H and O–H groups in total. The minimum absolute atomic E-state index is 0. The predicted molar refractivity (Wildman–Crippen MR) is 96.8 cm³/mol. The van der Waals surface area contributed by atoms with Crippen LogP contribution < -0.4 is 26.5 Å². The van der Waals surface area contributed by atoms with Crippen LogP contribution >= 0.6 is 0 Å². The number of carbonyl (C=O) groups is 1. The Labute approximate surface area is 162 Å². The highest BCUT2D eigenvalue weighted by molar-refractivity contribution is 5.72. The summed E-state index contributed by atoms with van der Waals surface area (Å²) < 4.78 is 12.9. The van der Waals surface area contributed by atoms with Gasteiger partial charge in [-0.1, -0.05) is 0 Å². The summed E-state index contributed by atoms with van der Waals surface area (Å²) in [5.41, 5.74) is 4.18. The summed E-state index contributed by atoms with van der Waals surface area (Å²) in [6, 6.07) is 0. The first-order valence-corrected chi connectivity index (χ1v) is 8.74. The Morgan fingerprint density at radius 2 is 1.76 bits per heavy atom. The van der Waals surface area contributed by atoms with Gasteiger partial charge in [0.1, 0.15) is 17.1 Å². The molecular formula is C20H32BrNO3. The number of halogens is 1. The molecule has 25 heavy (non-hydrogen) atoms. The molecule has 0 spiro atoms. The third kappa shape index (κ3) is 4.98. The fourth-order valence-corrected chi connectivity index (χ4v) is 3.33. The third-order valence-electron chi connectivity index (χ3n) is 5.12. The molecule has 1 aliphatic rings. The van der Waals surface area contributed by atoms with E-state index in [1.54, 1.807) is 0 Å². The van der Waals surface area contributed by atoms with Crippen molar-refractivity contribution in [2.75, 3.05) is 27.7 Å². The molecule has 0 bridgehead atoms. The maximum Gasteiger partial charge on any atom is 0.308 e. The molecule has 0 aromatic heterocycles. The first kappa shape index (κ1) is 22.0. The van der Waals surface area contributed by atoms with Crippen LogP contribution in [0.15, 0.2) is 0 Å². The van der Waals surface area contributed by atoms with E-state index >= 15 is 0 Å². The van der Waals surface area contributed by atoms with E-state index in [0.717, 1.165) is 52.7 Å². The maximum atomic E-state index is 11.4. The number of esters is 1. The molecule has 1 heterocycles. The Balaban J connectivity index is 0.00000312. The van der Waals surface area contributed by atoms with Crippen molar-refractivity contribution in [3.05, 3.63) is 22.3 Å². The molecule has 1 aromatic carbocycles. The number of hydrogen-bond acceptors (Lipinski definition) is 3. The lowest BCUT2D eigenvalue weighted by Gasteiger charge is -2.39. The van der Waals surface area contributed by atoms with Crippen molar-refractivity contribution in [1.82, 2.24) is 0 Å². The molecule has 0 radical (unpaired) electrons. The van der Waals surface area contributed by atoms with Crippen LogP contribution in [0.25, 0.3) is 0 Å². The average molecular weight is 414 g/mol. The lowest BCUT2D eigenvalue weighted by atomic mass is 9.85. The van der Waals surface area contributed by atoms with E-state index in [0.29, 0.717) is 5.75 Å². The van der Waals surface area contributed by atoms with Gasteiger partial charge in [-0.05, 0) is 57.2 Å². The van der Waals surface area contributed by atoms with Crippen molar-refractivity contribution in [1.29, 1.82) is 0 Å². The highest BCUT2D eigenvalue weighted by Crippen LogP contribution is 2.44. The Hall–Kier alpha value is -1.07. The zero-order valence-corrected chi connectivity index (χ0v) is 18.5. The van der Waals surface area contributed by atoms with E-state index in [4.69, 9.17) is 9.47 Å². The zero-order chi connectivity index (χ0) is 18.3. The monoisotopic (exact) mass is 413 g/mol. The highest BCUT2D eigenvalue weighted by Gasteiger charge is 2.36. The van der Waals surface area contributed by atoms with Crippen LogP contribution in [-0.2, 0) is 11.2 Å². The summed E-state index contributed by atoms with van der Waals surface area (Å²) in [6.07, 6.45) is 2.98. The molecule has 1 unspecified atom stereocenters. The SMILES string of the molecule is CC(=O)Oc1c(C)c(C)c2c(c1C)CCC(C)(CC[N+](C)(C)C)O2.[Br-]. The molecule has 4 nitrogen and oxygen atoms in total. The van der Waals surface area contributed by atoms with E-state index in [1.807, 2.05) is 13.8 Å². The van der Waals surface area contributed by atoms with Crippen molar-refractivity contribution in [2.45, 2.75) is 59.5 Å². The molecule has 0 saturated carbocycles. The quantitative estimate of drug-likeness (QED) is 0.414. The lowest BCUT2D eigenvalue weighted by molar-refractivity contribution is -0.871. The summed E-state index contributed by atoms with van der Waals surface area (Å²) in [4.78, 5) is 11.4. The standard InChI is InChI=1S/C20H32NO3.BrH/c1-13-14(2)19-17(15(3)18(13)23-16(4)22)9-10-20(5,24-19)11-12-21(6,7)8;/h9-12H2,1-8H3;1H/q+1;/p-1. The highest BCUT2D eigenvalue weighted by atomic mass is 79.9. The fourth-order valence-electron chi connectivity index (χ4n) is 3.33. The summed E-state index contributed by atoms with van der Waals surface area (Å²) in [5, 5.41) is 0. The Morgan fingerprint density at radius 1 is 1.16 bits per heavy atom. The van der Waals surface area contributed by atoms with Gasteiger partial charge >= 0.3 is 5.97 Å². The molecular weight excluding hydrogens is 382 g/mol. The van der Waals surface area contributed by atoms with Crippen LogP contribution in [-0.4, -0.2) is 43.7 Å². The number of quaternary nitrogens is 1. The van der Waals surface area contributed by atoms with Crippen molar-refractivity contribution in [3.63, 3.8) is 0 Å². The van der Waals surface area contributed by atoms with Crippen LogP contribution in [0.1, 0.15) is 48.9 Å². The minimum Gasteiger partial charge on any atom is -1.00 e. The van der Waals surface area contributed by atoms with E-state index in [9.17, 15) is 4.79 Å². The fraction of sp³-hybridized carbons (Fsp3) is 0.650. The van der Waals surface area contributed by atoms with Crippen LogP contribution in [0.4, 0.5) is 0 Å². The number of fused-ring (bicyclic) bond motifs is 1. The molecule has 0 amide bonds. The van der Waals surface area contributed by atoms with Crippen molar-refractivity contribution < 1.29 is 35.7 Å². The number of rotatable bonds is 4. The second-order valence-electron chi connectivity index (χ2n) is 8.42. The van der Waals surface area contributed by atoms with Gasteiger partial charge in [0.2, 0.25) is 0 Å². The summed E-state index contributed by atoms with van der Waals surface area (Å²) in [5.74, 6) is 1.43. The number of benzene rings is 1. The number of carbonyl (C=O) groups excluding carboxylic acids is 1. The van der Waals surface area contributed by atoms with Gasteiger partial charge in [0.15, 0.2) is 0 Å². The lowest BCUT2D eigenvalue weighted by Crippen LogP contribution is -3.00. The molecule has 142 valence electrons. The maximum absolute atomic E-state index is 11.4. The van der Waals surface area contributed by atoms with Crippen LogP contribution in [0.5, 0.6) is 11.5 Å². The van der Waals surface area contributed by atoms with Gasteiger partial charge in [0.25, 0.3) is 0 Å². The first-order valence-electron chi connectivity index (χ1n) is 8.74. The normalized spacial score (nSPS) is 19.5. The van der Waals surface area contributed by atoms with E-state index < -0.39 is 0 Å². The minimum atomic E-state index is -0.273. The second kappa shape index (κ2) is 7.67. The topological polar surface area (TPSA) is 35.5 Å². The van der Waals surface area contributed by atoms with E-state index in [1.165, 1.54) is 12.5 Å². The summed E-state index contributed by atoms with van der Waals surface area (Å²) in [6.45, 7) is 10.8. The van der Waals surface area contributed by atoms with Crippen LogP contribution in [0.3, 0.4) is 0 Å². The second-order valence-corrected chi connectivity index (χ2v) is 8.42. The van der Waals surface area contributed by atoms with E-state index in [2.05, 4.69) is 35.0 Å². The summed E-state index contributed by atoms with van der Waals surface area (Å²) >= 11 is 0. The van der Waals surface area contributed by atoms with Gasteiger partial charge in [-0.3, -0.25) is 4.79 Å². The van der Waals surface area contributed by atoms with Crippen molar-refractivity contribution in [3.8, 4) is 11.5 Å². The van der Waals surface area contributed by atoms with Crippen molar-refractivity contribution in [2.24, 2.45) is 0 Å². The largest absolute Gasteiger partial charge is 1.00 e. The predicted octanol–water partition coefficient (Wildman–Crippen LogP) is 0.721.